The Morgan fingerprint density at radius 2 is 2.11 bits per heavy atom. The second-order valence-corrected chi connectivity index (χ2v) is 5.79. The van der Waals surface area contributed by atoms with Crippen LogP contribution in [-0.4, -0.2) is 42.1 Å². The summed E-state index contributed by atoms with van der Waals surface area (Å²) in [5.41, 5.74) is 1.80. The topological polar surface area (TPSA) is 45.3 Å². The second kappa shape index (κ2) is 5.37. The normalized spacial score (nSPS) is 24.9. The van der Waals surface area contributed by atoms with Crippen molar-refractivity contribution in [1.82, 2.24) is 9.88 Å². The van der Waals surface area contributed by atoms with E-state index in [2.05, 4.69) is 4.98 Å². The number of rotatable bonds is 2. The number of aromatic amines is 1. The first-order chi connectivity index (χ1) is 9.25. The minimum Gasteiger partial charge on any atom is -0.381 e. The van der Waals surface area contributed by atoms with E-state index < -0.39 is 0 Å². The molecule has 4 heteroatoms. The summed E-state index contributed by atoms with van der Waals surface area (Å²) in [6, 6.07) is 1.96. The van der Waals surface area contributed by atoms with E-state index in [4.69, 9.17) is 4.74 Å². The van der Waals surface area contributed by atoms with Crippen LogP contribution in [0.5, 0.6) is 0 Å². The van der Waals surface area contributed by atoms with Crippen molar-refractivity contribution in [3.63, 3.8) is 0 Å². The van der Waals surface area contributed by atoms with Gasteiger partial charge < -0.3 is 14.6 Å². The van der Waals surface area contributed by atoms with Gasteiger partial charge in [-0.15, -0.1) is 0 Å². The van der Waals surface area contributed by atoms with Crippen LogP contribution in [0.25, 0.3) is 0 Å². The lowest BCUT2D eigenvalue weighted by atomic mass is 9.85. The Morgan fingerprint density at radius 3 is 2.79 bits per heavy atom. The molecular formula is C15H22N2O2. The minimum absolute atomic E-state index is 0.164. The Labute approximate surface area is 114 Å². The molecule has 0 saturated carbocycles. The van der Waals surface area contributed by atoms with Gasteiger partial charge in [-0.2, -0.15) is 0 Å². The van der Waals surface area contributed by atoms with Gasteiger partial charge in [0.15, 0.2) is 0 Å². The van der Waals surface area contributed by atoms with Crippen molar-refractivity contribution in [3.05, 3.63) is 23.5 Å². The molecule has 19 heavy (non-hydrogen) atoms. The van der Waals surface area contributed by atoms with Gasteiger partial charge in [-0.3, -0.25) is 4.79 Å². The van der Waals surface area contributed by atoms with E-state index in [9.17, 15) is 4.79 Å². The number of likely N-dealkylation sites (tertiary alicyclic amines) is 1. The summed E-state index contributed by atoms with van der Waals surface area (Å²) in [4.78, 5) is 17.5. The summed E-state index contributed by atoms with van der Waals surface area (Å²) < 4.78 is 5.42. The van der Waals surface area contributed by atoms with Gasteiger partial charge >= 0.3 is 0 Å². The lowest BCUT2D eigenvalue weighted by Gasteiger charge is -2.27. The monoisotopic (exact) mass is 262 g/mol. The van der Waals surface area contributed by atoms with Crippen molar-refractivity contribution in [3.8, 4) is 0 Å². The molecule has 0 bridgehead atoms. The van der Waals surface area contributed by atoms with E-state index >= 15 is 0 Å². The second-order valence-electron chi connectivity index (χ2n) is 5.79. The highest BCUT2D eigenvalue weighted by Crippen LogP contribution is 2.31. The van der Waals surface area contributed by atoms with Crippen molar-refractivity contribution < 1.29 is 9.53 Å². The lowest BCUT2D eigenvalue weighted by Crippen LogP contribution is -2.31. The maximum Gasteiger partial charge on any atom is 0.270 e. The van der Waals surface area contributed by atoms with Crippen molar-refractivity contribution in [2.75, 3.05) is 26.3 Å². The van der Waals surface area contributed by atoms with E-state index in [0.29, 0.717) is 5.92 Å². The number of hydrogen-bond acceptors (Lipinski definition) is 2. The molecule has 2 saturated heterocycles. The summed E-state index contributed by atoms with van der Waals surface area (Å²) in [6.45, 7) is 5.59. The number of carbonyl (C=O) groups excluding carboxylic acids is 1. The zero-order valence-electron chi connectivity index (χ0n) is 11.5. The molecular weight excluding hydrogens is 240 g/mol. The lowest BCUT2D eigenvalue weighted by molar-refractivity contribution is 0.0471. The number of hydrogen-bond donors (Lipinski definition) is 1. The maximum atomic E-state index is 12.4. The molecule has 2 aliphatic rings. The molecule has 4 nitrogen and oxygen atoms in total. The average molecular weight is 262 g/mol. The van der Waals surface area contributed by atoms with Gasteiger partial charge in [-0.1, -0.05) is 0 Å². The highest BCUT2D eigenvalue weighted by Gasteiger charge is 2.33. The standard InChI is InChI=1S/C15H22N2O2/c1-11-2-6-16-14(11)15(18)17-7-3-13(10-17)12-4-8-19-9-5-12/h2,6,12-13,16H,3-5,7-10H2,1H3. The van der Waals surface area contributed by atoms with Crippen molar-refractivity contribution >= 4 is 5.91 Å². The van der Waals surface area contributed by atoms with Gasteiger partial charge in [0.2, 0.25) is 0 Å². The van der Waals surface area contributed by atoms with Crippen LogP contribution in [0.1, 0.15) is 35.3 Å². The number of aryl methyl sites for hydroxylation is 1. The molecule has 1 atom stereocenters. The SMILES string of the molecule is Cc1cc[nH]c1C(=O)N1CCC(C2CCOCC2)C1. The van der Waals surface area contributed by atoms with Crippen LogP contribution in [0.15, 0.2) is 12.3 Å². The Balaban J connectivity index is 1.62. The fraction of sp³-hybridized carbons (Fsp3) is 0.667. The molecule has 1 N–H and O–H groups in total. The number of carbonyl (C=O) groups is 1. The van der Waals surface area contributed by atoms with E-state index in [1.54, 1.807) is 0 Å². The molecule has 0 spiro atoms. The van der Waals surface area contributed by atoms with Crippen molar-refractivity contribution in [2.45, 2.75) is 26.2 Å². The predicted molar refractivity (Wildman–Crippen MR) is 73.1 cm³/mol. The summed E-state index contributed by atoms with van der Waals surface area (Å²) in [5, 5.41) is 0. The van der Waals surface area contributed by atoms with Crippen LogP contribution < -0.4 is 0 Å². The van der Waals surface area contributed by atoms with Crippen molar-refractivity contribution in [1.29, 1.82) is 0 Å². The molecule has 1 aromatic rings. The summed E-state index contributed by atoms with van der Waals surface area (Å²) >= 11 is 0. The van der Waals surface area contributed by atoms with Crippen LogP contribution in [0.2, 0.25) is 0 Å². The molecule has 3 rings (SSSR count). The first-order valence-corrected chi connectivity index (χ1v) is 7.26. The van der Waals surface area contributed by atoms with Gasteiger partial charge in [-0.25, -0.2) is 0 Å². The number of H-pyrrole nitrogens is 1. The fourth-order valence-corrected chi connectivity index (χ4v) is 3.38. The van der Waals surface area contributed by atoms with E-state index in [1.165, 1.54) is 0 Å². The van der Waals surface area contributed by atoms with Crippen LogP contribution in [0.3, 0.4) is 0 Å². The van der Waals surface area contributed by atoms with Crippen molar-refractivity contribution in [2.24, 2.45) is 11.8 Å². The third-order valence-corrected chi connectivity index (χ3v) is 4.61. The van der Waals surface area contributed by atoms with Gasteiger partial charge in [-0.05, 0) is 49.7 Å². The van der Waals surface area contributed by atoms with Gasteiger partial charge in [0.1, 0.15) is 5.69 Å². The third kappa shape index (κ3) is 2.54. The predicted octanol–water partition coefficient (Wildman–Crippen LogP) is 2.21. The summed E-state index contributed by atoms with van der Waals surface area (Å²) in [6.07, 6.45) is 5.31. The smallest absolute Gasteiger partial charge is 0.270 e. The van der Waals surface area contributed by atoms with E-state index in [1.807, 2.05) is 24.1 Å². The molecule has 1 aromatic heterocycles. The van der Waals surface area contributed by atoms with Crippen LogP contribution >= 0.6 is 0 Å². The molecule has 0 radical (unpaired) electrons. The largest absolute Gasteiger partial charge is 0.381 e. The molecule has 0 aliphatic carbocycles. The summed E-state index contributed by atoms with van der Waals surface area (Å²) in [5.74, 6) is 1.58. The Morgan fingerprint density at radius 1 is 1.32 bits per heavy atom. The first-order valence-electron chi connectivity index (χ1n) is 7.26. The minimum atomic E-state index is 0.164. The van der Waals surface area contributed by atoms with Crippen LogP contribution in [-0.2, 0) is 4.74 Å². The molecule has 0 aromatic carbocycles. The number of nitrogens with zero attached hydrogens (tertiary/aromatic N) is 1. The quantitative estimate of drug-likeness (QED) is 0.888. The van der Waals surface area contributed by atoms with Gasteiger partial charge in [0.25, 0.3) is 5.91 Å². The maximum absolute atomic E-state index is 12.4. The van der Waals surface area contributed by atoms with E-state index in [0.717, 1.165) is 62.7 Å². The van der Waals surface area contributed by atoms with Gasteiger partial charge in [0.05, 0.1) is 0 Å². The fourth-order valence-electron chi connectivity index (χ4n) is 3.38. The average Bonchev–Trinajstić information content (AvgIpc) is 3.08. The molecule has 2 aliphatic heterocycles. The summed E-state index contributed by atoms with van der Waals surface area (Å²) in [7, 11) is 0. The molecule has 2 fully saturated rings. The Hall–Kier alpha value is -1.29. The van der Waals surface area contributed by atoms with E-state index in [-0.39, 0.29) is 5.91 Å². The number of ether oxygens (including phenoxy) is 1. The third-order valence-electron chi connectivity index (χ3n) is 4.61. The zero-order valence-corrected chi connectivity index (χ0v) is 11.5. The Kier molecular flexibility index (Phi) is 3.60. The number of aromatic nitrogens is 1. The Bertz CT molecular complexity index is 449. The number of nitrogens with one attached hydrogen (secondary N) is 1. The highest BCUT2D eigenvalue weighted by atomic mass is 16.5. The first kappa shape index (κ1) is 12.7. The number of amides is 1. The van der Waals surface area contributed by atoms with Crippen LogP contribution in [0, 0.1) is 18.8 Å². The molecule has 1 amide bonds. The molecule has 1 unspecified atom stereocenters. The highest BCUT2D eigenvalue weighted by molar-refractivity contribution is 5.94. The molecule has 104 valence electrons. The molecule has 3 heterocycles. The van der Waals surface area contributed by atoms with Crippen LogP contribution in [0.4, 0.5) is 0 Å². The zero-order chi connectivity index (χ0) is 13.2. The van der Waals surface area contributed by atoms with Gasteiger partial charge in [0, 0.05) is 32.5 Å².